The molecule has 6 heteroatoms. The van der Waals surface area contributed by atoms with E-state index in [1.165, 1.54) is 16.2 Å². The Morgan fingerprint density at radius 2 is 1.96 bits per heavy atom. The average molecular weight is 346 g/mol. The second kappa shape index (κ2) is 6.94. The molecular formula is C18H22N2O3S. The molecule has 0 aromatic carbocycles. The maximum absolute atomic E-state index is 12.7. The van der Waals surface area contributed by atoms with Crippen molar-refractivity contribution in [3.05, 3.63) is 16.0 Å². The molecule has 2 N–H and O–H groups in total. The highest BCUT2D eigenvalue weighted by Crippen LogP contribution is 2.40. The maximum atomic E-state index is 12.7. The summed E-state index contributed by atoms with van der Waals surface area (Å²) in [6.07, 6.45) is 5.79. The molecule has 2 aliphatic carbocycles. The lowest BCUT2D eigenvalue weighted by atomic mass is 9.78. The van der Waals surface area contributed by atoms with Crippen molar-refractivity contribution in [2.24, 2.45) is 17.8 Å². The zero-order valence-electron chi connectivity index (χ0n) is 13.8. The van der Waals surface area contributed by atoms with Gasteiger partial charge in [0, 0.05) is 4.88 Å². The molecule has 0 bridgehead atoms. The summed E-state index contributed by atoms with van der Waals surface area (Å²) in [5.74, 6) is -1.65. The van der Waals surface area contributed by atoms with Crippen molar-refractivity contribution in [1.29, 1.82) is 5.26 Å². The van der Waals surface area contributed by atoms with E-state index in [1.54, 1.807) is 0 Å². The third-order valence-electron chi connectivity index (χ3n) is 5.28. The quantitative estimate of drug-likeness (QED) is 0.875. The fourth-order valence-electron chi connectivity index (χ4n) is 3.90. The standard InChI is InChI=1S/C18H22N2O3S/c1-10-6-7-11-14(9-19)17(24-15(11)8-10)20-16(21)12-4-2-3-5-13(12)18(22)23/h10,12-13H,2-8H2,1H3,(H,20,21)(H,22,23)/t10-,12-,13-/m1/s1. The molecule has 0 radical (unpaired) electrons. The second-order valence-electron chi connectivity index (χ2n) is 6.99. The van der Waals surface area contributed by atoms with Crippen LogP contribution in [-0.4, -0.2) is 17.0 Å². The number of hydrogen-bond donors (Lipinski definition) is 2. The van der Waals surface area contributed by atoms with Gasteiger partial charge in [0.1, 0.15) is 11.1 Å². The molecule has 0 aliphatic heterocycles. The van der Waals surface area contributed by atoms with Gasteiger partial charge in [0.2, 0.25) is 5.91 Å². The smallest absolute Gasteiger partial charge is 0.307 e. The van der Waals surface area contributed by atoms with Crippen molar-refractivity contribution in [3.8, 4) is 6.07 Å². The summed E-state index contributed by atoms with van der Waals surface area (Å²) < 4.78 is 0. The summed E-state index contributed by atoms with van der Waals surface area (Å²) in [7, 11) is 0. The molecule has 1 heterocycles. The first-order valence-corrected chi connectivity index (χ1v) is 9.41. The molecule has 1 aromatic rings. The zero-order chi connectivity index (χ0) is 17.3. The number of hydrogen-bond acceptors (Lipinski definition) is 4. The number of aliphatic carboxylic acids is 1. The maximum Gasteiger partial charge on any atom is 0.307 e. The van der Waals surface area contributed by atoms with Crippen LogP contribution in [0.15, 0.2) is 0 Å². The highest BCUT2D eigenvalue weighted by atomic mass is 32.1. The molecule has 1 amide bonds. The van der Waals surface area contributed by atoms with Crippen LogP contribution in [0.4, 0.5) is 5.00 Å². The third-order valence-corrected chi connectivity index (χ3v) is 6.45. The van der Waals surface area contributed by atoms with Crippen molar-refractivity contribution >= 4 is 28.2 Å². The minimum absolute atomic E-state index is 0.245. The Bertz CT molecular complexity index is 704. The number of nitriles is 1. The number of amides is 1. The number of carbonyl (C=O) groups is 2. The Morgan fingerprint density at radius 1 is 1.25 bits per heavy atom. The minimum atomic E-state index is -0.894. The summed E-state index contributed by atoms with van der Waals surface area (Å²) >= 11 is 1.49. The molecule has 0 saturated heterocycles. The normalized spacial score (nSPS) is 26.2. The second-order valence-corrected chi connectivity index (χ2v) is 8.10. The Kier molecular flexibility index (Phi) is 4.91. The van der Waals surface area contributed by atoms with Crippen LogP contribution >= 0.6 is 11.3 Å². The van der Waals surface area contributed by atoms with Crippen molar-refractivity contribution in [3.63, 3.8) is 0 Å². The first-order chi connectivity index (χ1) is 11.5. The van der Waals surface area contributed by atoms with E-state index < -0.39 is 17.8 Å². The van der Waals surface area contributed by atoms with Gasteiger partial charge in [0.25, 0.3) is 0 Å². The number of carboxylic acids is 1. The Morgan fingerprint density at radius 3 is 2.62 bits per heavy atom. The predicted molar refractivity (Wildman–Crippen MR) is 91.9 cm³/mol. The molecule has 3 atom stereocenters. The lowest BCUT2D eigenvalue weighted by Gasteiger charge is -2.27. The highest BCUT2D eigenvalue weighted by molar-refractivity contribution is 7.16. The van der Waals surface area contributed by atoms with E-state index in [9.17, 15) is 20.0 Å². The van der Waals surface area contributed by atoms with Gasteiger partial charge in [-0.3, -0.25) is 9.59 Å². The van der Waals surface area contributed by atoms with Crippen LogP contribution in [0, 0.1) is 29.1 Å². The average Bonchev–Trinajstić information content (AvgIpc) is 2.90. The van der Waals surface area contributed by atoms with Crippen LogP contribution in [0.3, 0.4) is 0 Å². The number of carboxylic acid groups (broad SMARTS) is 1. The molecule has 5 nitrogen and oxygen atoms in total. The number of fused-ring (bicyclic) bond motifs is 1. The van der Waals surface area contributed by atoms with E-state index >= 15 is 0 Å². The SMILES string of the molecule is C[C@@H]1CCc2c(sc(NC(=O)[C@@H]3CCCC[C@H]3C(=O)O)c2C#N)C1. The zero-order valence-corrected chi connectivity index (χ0v) is 14.6. The molecule has 128 valence electrons. The number of nitrogens with zero attached hydrogens (tertiary/aromatic N) is 1. The highest BCUT2D eigenvalue weighted by Gasteiger charge is 2.36. The summed E-state index contributed by atoms with van der Waals surface area (Å²) in [6, 6.07) is 2.24. The van der Waals surface area contributed by atoms with Crippen LogP contribution < -0.4 is 5.32 Å². The third kappa shape index (κ3) is 3.18. The number of thiophene rings is 1. The van der Waals surface area contributed by atoms with E-state index in [1.807, 2.05) is 0 Å². The van der Waals surface area contributed by atoms with Crippen LogP contribution in [0.2, 0.25) is 0 Å². The van der Waals surface area contributed by atoms with Gasteiger partial charge >= 0.3 is 5.97 Å². The molecule has 2 aliphatic rings. The monoisotopic (exact) mass is 346 g/mol. The number of nitrogens with one attached hydrogen (secondary N) is 1. The van der Waals surface area contributed by atoms with Crippen LogP contribution in [-0.2, 0) is 22.4 Å². The van der Waals surface area contributed by atoms with Crippen molar-refractivity contribution in [2.45, 2.75) is 51.9 Å². The first-order valence-electron chi connectivity index (χ1n) is 8.59. The molecule has 1 aromatic heterocycles. The summed E-state index contributed by atoms with van der Waals surface area (Å²) in [4.78, 5) is 25.3. The lowest BCUT2D eigenvalue weighted by Crippen LogP contribution is -2.36. The fraction of sp³-hybridized carbons (Fsp3) is 0.611. The van der Waals surface area contributed by atoms with E-state index in [0.717, 1.165) is 37.7 Å². The van der Waals surface area contributed by atoms with Gasteiger partial charge in [-0.05, 0) is 43.6 Å². The van der Waals surface area contributed by atoms with Crippen LogP contribution in [0.1, 0.15) is 55.0 Å². The molecule has 0 unspecified atom stereocenters. The minimum Gasteiger partial charge on any atom is -0.481 e. The summed E-state index contributed by atoms with van der Waals surface area (Å²) in [6.45, 7) is 2.20. The Labute approximate surface area is 145 Å². The largest absolute Gasteiger partial charge is 0.481 e. The number of rotatable bonds is 3. The van der Waals surface area contributed by atoms with Crippen LogP contribution in [0.5, 0.6) is 0 Å². The molecule has 24 heavy (non-hydrogen) atoms. The van der Waals surface area contributed by atoms with Gasteiger partial charge in [-0.25, -0.2) is 0 Å². The molecular weight excluding hydrogens is 324 g/mol. The number of anilines is 1. The lowest BCUT2D eigenvalue weighted by molar-refractivity contribution is -0.147. The number of carbonyl (C=O) groups excluding carboxylic acids is 1. The van der Waals surface area contributed by atoms with Crippen molar-refractivity contribution < 1.29 is 14.7 Å². The van der Waals surface area contributed by atoms with E-state index in [2.05, 4.69) is 18.3 Å². The van der Waals surface area contributed by atoms with Gasteiger partial charge in [0.05, 0.1) is 17.4 Å². The molecule has 0 spiro atoms. The van der Waals surface area contributed by atoms with Gasteiger partial charge < -0.3 is 10.4 Å². The van der Waals surface area contributed by atoms with Crippen molar-refractivity contribution in [1.82, 2.24) is 0 Å². The van der Waals surface area contributed by atoms with E-state index in [-0.39, 0.29) is 5.91 Å². The van der Waals surface area contributed by atoms with Gasteiger partial charge in [-0.15, -0.1) is 11.3 Å². The van der Waals surface area contributed by atoms with Gasteiger partial charge in [-0.1, -0.05) is 19.8 Å². The van der Waals surface area contributed by atoms with Crippen molar-refractivity contribution in [2.75, 3.05) is 5.32 Å². The first kappa shape index (κ1) is 17.0. The van der Waals surface area contributed by atoms with E-state index in [0.29, 0.717) is 29.3 Å². The van der Waals surface area contributed by atoms with Gasteiger partial charge in [0.15, 0.2) is 0 Å². The Hall–Kier alpha value is -1.87. The topological polar surface area (TPSA) is 90.2 Å². The fourth-order valence-corrected chi connectivity index (χ4v) is 5.27. The Balaban J connectivity index is 1.82. The summed E-state index contributed by atoms with van der Waals surface area (Å²) in [5.41, 5.74) is 1.66. The molecule has 3 rings (SSSR count). The molecule has 1 saturated carbocycles. The predicted octanol–water partition coefficient (Wildman–Crippen LogP) is 3.57. The van der Waals surface area contributed by atoms with E-state index in [4.69, 9.17) is 0 Å². The van der Waals surface area contributed by atoms with Gasteiger partial charge in [-0.2, -0.15) is 5.26 Å². The van der Waals surface area contributed by atoms with Crippen LogP contribution in [0.25, 0.3) is 0 Å². The summed E-state index contributed by atoms with van der Waals surface area (Å²) in [5, 5.41) is 22.3. The molecule has 1 fully saturated rings.